The Morgan fingerprint density at radius 3 is 2.97 bits per heavy atom. The predicted octanol–water partition coefficient (Wildman–Crippen LogP) is 4.67. The zero-order valence-electron chi connectivity index (χ0n) is 18.3. The van der Waals surface area contributed by atoms with E-state index in [1.54, 1.807) is 12.5 Å². The zero-order chi connectivity index (χ0) is 23.1. The minimum absolute atomic E-state index is 0.273. The average Bonchev–Trinajstić information content (AvgIpc) is 3.50. The third kappa shape index (κ3) is 3.72. The van der Waals surface area contributed by atoms with Gasteiger partial charge in [-0.2, -0.15) is 5.26 Å². The van der Waals surface area contributed by atoms with E-state index in [0.29, 0.717) is 30.8 Å². The third-order valence-electron chi connectivity index (χ3n) is 6.43. The van der Waals surface area contributed by atoms with E-state index in [1.165, 1.54) is 0 Å². The molecule has 7 heteroatoms. The van der Waals surface area contributed by atoms with Crippen LogP contribution in [0.3, 0.4) is 0 Å². The van der Waals surface area contributed by atoms with Crippen LogP contribution in [0.2, 0.25) is 0 Å². The summed E-state index contributed by atoms with van der Waals surface area (Å²) in [5.41, 5.74) is 3.22. The zero-order valence-corrected chi connectivity index (χ0v) is 18.3. The predicted molar refractivity (Wildman–Crippen MR) is 123 cm³/mol. The maximum Gasteiger partial charge on any atom is 0.161 e. The second kappa shape index (κ2) is 8.26. The van der Waals surface area contributed by atoms with Crippen LogP contribution in [0.1, 0.15) is 29.8 Å². The summed E-state index contributed by atoms with van der Waals surface area (Å²) in [6.07, 6.45) is 3.40. The molecule has 0 radical (unpaired) electrons. The number of furan rings is 1. The molecule has 4 heterocycles. The van der Waals surface area contributed by atoms with Crippen LogP contribution in [-0.2, 0) is 21.7 Å². The smallest absolute Gasteiger partial charge is 0.161 e. The van der Waals surface area contributed by atoms with Crippen molar-refractivity contribution in [3.05, 3.63) is 84.1 Å². The molecule has 4 aromatic rings. The molecular weight excluding hydrogens is 432 g/mol. The highest BCUT2D eigenvalue weighted by molar-refractivity contribution is 5.98. The number of hydrogen-bond donors (Lipinski definition) is 1. The lowest BCUT2D eigenvalue weighted by atomic mass is 9.90. The van der Waals surface area contributed by atoms with Crippen LogP contribution in [0.15, 0.2) is 71.5 Å². The molecule has 6 rings (SSSR count). The fourth-order valence-corrected chi connectivity index (χ4v) is 4.83. The first-order valence-electron chi connectivity index (χ1n) is 11.2. The Morgan fingerprint density at radius 2 is 2.12 bits per heavy atom. The number of aromatic nitrogens is 1. The van der Waals surface area contributed by atoms with Gasteiger partial charge in [-0.05, 0) is 58.8 Å². The first kappa shape index (κ1) is 20.9. The first-order valence-corrected chi connectivity index (χ1v) is 11.2. The number of aliphatic hydroxyl groups excluding tert-OH is 1. The molecule has 0 amide bonds. The van der Waals surface area contributed by atoms with Gasteiger partial charge in [-0.1, -0.05) is 12.1 Å². The molecule has 0 aliphatic carbocycles. The second-order valence-corrected chi connectivity index (χ2v) is 8.78. The van der Waals surface area contributed by atoms with Crippen molar-refractivity contribution in [2.24, 2.45) is 0 Å². The van der Waals surface area contributed by atoms with Crippen LogP contribution < -0.4 is 4.74 Å². The summed E-state index contributed by atoms with van der Waals surface area (Å²) in [6.45, 7) is 0.658. The molecule has 2 saturated heterocycles. The van der Waals surface area contributed by atoms with Crippen LogP contribution in [0, 0.1) is 11.3 Å². The van der Waals surface area contributed by atoms with Gasteiger partial charge in [0.15, 0.2) is 6.29 Å². The monoisotopic (exact) mass is 454 g/mol. The Hall–Kier alpha value is -3.70. The number of pyridine rings is 1. The van der Waals surface area contributed by atoms with Gasteiger partial charge in [0, 0.05) is 18.4 Å². The highest BCUT2D eigenvalue weighted by Crippen LogP contribution is 2.43. The van der Waals surface area contributed by atoms with Crippen molar-refractivity contribution in [1.29, 1.82) is 5.26 Å². The summed E-state index contributed by atoms with van der Waals surface area (Å²) >= 11 is 0. The molecule has 2 aliphatic heterocycles. The maximum absolute atomic E-state index is 10.2. The van der Waals surface area contributed by atoms with Crippen molar-refractivity contribution >= 4 is 10.8 Å². The second-order valence-electron chi connectivity index (χ2n) is 8.78. The molecule has 2 aromatic heterocycles. The molecule has 1 N–H and O–H groups in total. The van der Waals surface area contributed by atoms with Crippen molar-refractivity contribution in [3.63, 3.8) is 0 Å². The van der Waals surface area contributed by atoms with Gasteiger partial charge in [-0.15, -0.1) is 0 Å². The Balaban J connectivity index is 1.25. The summed E-state index contributed by atoms with van der Waals surface area (Å²) in [5.74, 6) is 0.680. The Morgan fingerprint density at radius 1 is 1.18 bits per heavy atom. The van der Waals surface area contributed by atoms with E-state index in [2.05, 4.69) is 6.07 Å². The quantitative estimate of drug-likeness (QED) is 0.468. The lowest BCUT2D eigenvalue weighted by Crippen LogP contribution is -2.39. The molecule has 2 fully saturated rings. The average molecular weight is 454 g/mol. The minimum Gasteiger partial charge on any atom is -0.487 e. The van der Waals surface area contributed by atoms with E-state index in [9.17, 15) is 10.4 Å². The molecule has 3 unspecified atom stereocenters. The van der Waals surface area contributed by atoms with Gasteiger partial charge in [0.2, 0.25) is 0 Å². The van der Waals surface area contributed by atoms with Gasteiger partial charge in [0.1, 0.15) is 18.0 Å². The molecule has 7 nitrogen and oxygen atoms in total. The minimum atomic E-state index is -0.710. The largest absolute Gasteiger partial charge is 0.487 e. The number of aliphatic hydroxyl groups is 1. The summed E-state index contributed by atoms with van der Waals surface area (Å²) < 4.78 is 23.0. The van der Waals surface area contributed by atoms with Crippen molar-refractivity contribution in [1.82, 2.24) is 4.98 Å². The van der Waals surface area contributed by atoms with E-state index in [-0.39, 0.29) is 12.9 Å². The number of nitriles is 1. The molecular formula is C27H22N2O5. The van der Waals surface area contributed by atoms with Gasteiger partial charge in [0.05, 0.1) is 48.3 Å². The number of hydrogen-bond acceptors (Lipinski definition) is 7. The topological polar surface area (TPSA) is 97.7 Å². The lowest BCUT2D eigenvalue weighted by Gasteiger charge is -2.33. The van der Waals surface area contributed by atoms with E-state index in [4.69, 9.17) is 23.6 Å². The maximum atomic E-state index is 10.2. The fourth-order valence-electron chi connectivity index (χ4n) is 4.83. The number of rotatable bonds is 5. The van der Waals surface area contributed by atoms with Gasteiger partial charge < -0.3 is 23.7 Å². The summed E-state index contributed by atoms with van der Waals surface area (Å²) in [6, 6.07) is 19.4. The van der Waals surface area contributed by atoms with Crippen LogP contribution in [0.4, 0.5) is 0 Å². The molecule has 2 aromatic carbocycles. The third-order valence-corrected chi connectivity index (χ3v) is 6.43. The van der Waals surface area contributed by atoms with E-state index in [1.807, 2.05) is 54.6 Å². The Bertz CT molecular complexity index is 1390. The van der Waals surface area contributed by atoms with Crippen LogP contribution in [0.25, 0.3) is 21.9 Å². The molecule has 2 bridgehead atoms. The molecule has 2 aliphatic rings. The molecule has 170 valence electrons. The number of fused-ring (bicyclic) bond motifs is 3. The SMILES string of the molecule is N#Cc1cc(-c2ccoc2)c2ccc(OCc3cccc(C45COC(CC(O)C4)O5)n3)cc2c1. The van der Waals surface area contributed by atoms with E-state index < -0.39 is 11.7 Å². The fraction of sp³-hybridized carbons (Fsp3) is 0.259. The van der Waals surface area contributed by atoms with Gasteiger partial charge in [-0.3, -0.25) is 4.98 Å². The van der Waals surface area contributed by atoms with Gasteiger partial charge in [-0.25, -0.2) is 0 Å². The van der Waals surface area contributed by atoms with E-state index >= 15 is 0 Å². The first-order chi connectivity index (χ1) is 16.6. The van der Waals surface area contributed by atoms with Crippen LogP contribution in [-0.4, -0.2) is 29.1 Å². The summed E-state index contributed by atoms with van der Waals surface area (Å²) in [7, 11) is 0. The number of benzene rings is 2. The molecule has 0 spiro atoms. The normalized spacial score (nSPS) is 23.6. The van der Waals surface area contributed by atoms with E-state index in [0.717, 1.165) is 33.3 Å². The lowest BCUT2D eigenvalue weighted by molar-refractivity contribution is -0.157. The molecule has 34 heavy (non-hydrogen) atoms. The van der Waals surface area contributed by atoms with Crippen molar-refractivity contribution in [3.8, 4) is 22.9 Å². The summed E-state index contributed by atoms with van der Waals surface area (Å²) in [4.78, 5) is 4.76. The summed E-state index contributed by atoms with van der Waals surface area (Å²) in [5, 5.41) is 21.6. The number of ether oxygens (including phenoxy) is 3. The van der Waals surface area contributed by atoms with Crippen molar-refractivity contribution in [2.45, 2.75) is 37.4 Å². The highest BCUT2D eigenvalue weighted by Gasteiger charge is 2.49. The highest BCUT2D eigenvalue weighted by atomic mass is 16.7. The van der Waals surface area contributed by atoms with Crippen molar-refractivity contribution in [2.75, 3.05) is 6.61 Å². The Kier molecular flexibility index (Phi) is 5.07. The Labute approximate surface area is 196 Å². The standard InChI is InChI=1S/C27H22N2O5/c28-13-17-8-19-10-22(4-5-23(19)24(9-17)18-6-7-31-14-18)32-15-20-2-1-3-25(29-20)27-12-21(30)11-26(34-27)33-16-27/h1-10,14,21,26,30H,11-12,15-16H2. The van der Waals surface area contributed by atoms with Gasteiger partial charge in [0.25, 0.3) is 0 Å². The van der Waals surface area contributed by atoms with Crippen LogP contribution in [0.5, 0.6) is 5.75 Å². The van der Waals surface area contributed by atoms with Crippen molar-refractivity contribution < 1.29 is 23.7 Å². The van der Waals surface area contributed by atoms with Gasteiger partial charge >= 0.3 is 0 Å². The number of nitrogens with zero attached hydrogens (tertiary/aromatic N) is 2. The molecule has 3 atom stereocenters. The van der Waals surface area contributed by atoms with Crippen LogP contribution >= 0.6 is 0 Å². The molecule has 0 saturated carbocycles.